The Morgan fingerprint density at radius 3 is 2.83 bits per heavy atom. The summed E-state index contributed by atoms with van der Waals surface area (Å²) in [6.45, 7) is 5.75. The van der Waals surface area contributed by atoms with Crippen LogP contribution in [0.25, 0.3) is 5.52 Å². The van der Waals surface area contributed by atoms with Gasteiger partial charge >= 0.3 is 0 Å². The van der Waals surface area contributed by atoms with Crippen LogP contribution in [0.2, 0.25) is 0 Å². The van der Waals surface area contributed by atoms with Gasteiger partial charge in [-0.15, -0.1) is 0 Å². The van der Waals surface area contributed by atoms with Gasteiger partial charge in [-0.25, -0.2) is 4.98 Å². The zero-order valence-corrected chi connectivity index (χ0v) is 14.4. The largest absolute Gasteiger partial charge is 0.466 e. The van der Waals surface area contributed by atoms with Crippen LogP contribution in [-0.2, 0) is 0 Å². The summed E-state index contributed by atoms with van der Waals surface area (Å²) in [6.07, 6.45) is 3.86. The molecule has 0 saturated carbocycles. The van der Waals surface area contributed by atoms with Crippen molar-refractivity contribution in [3.8, 4) is 0 Å². The molecule has 1 amide bonds. The van der Waals surface area contributed by atoms with E-state index < -0.39 is 0 Å². The van der Waals surface area contributed by atoms with Crippen LogP contribution < -0.4 is 5.32 Å². The molecule has 6 heteroatoms. The van der Waals surface area contributed by atoms with Crippen LogP contribution >= 0.6 is 11.8 Å². The number of hydrogen-bond acceptors (Lipinski definition) is 4. The molecule has 0 fully saturated rings. The Bertz CT molecular complexity index is 866. The molecule has 0 aliphatic heterocycles. The van der Waals surface area contributed by atoms with Gasteiger partial charge < -0.3 is 9.73 Å². The van der Waals surface area contributed by atoms with E-state index in [1.54, 1.807) is 0 Å². The van der Waals surface area contributed by atoms with Gasteiger partial charge in [0.05, 0.1) is 11.6 Å². The summed E-state index contributed by atoms with van der Waals surface area (Å²) in [7, 11) is 0. The molecular formula is C17H19N3O2S. The number of aryl methyl sites for hydroxylation is 2. The first-order valence-electron chi connectivity index (χ1n) is 7.40. The van der Waals surface area contributed by atoms with E-state index in [1.807, 2.05) is 61.9 Å². The molecule has 1 atom stereocenters. The van der Waals surface area contributed by atoms with Crippen molar-refractivity contribution in [1.82, 2.24) is 14.7 Å². The lowest BCUT2D eigenvalue weighted by atomic mass is 10.1. The van der Waals surface area contributed by atoms with Crippen LogP contribution in [0.4, 0.5) is 0 Å². The molecule has 0 saturated heterocycles. The number of nitrogens with one attached hydrogen (secondary N) is 1. The van der Waals surface area contributed by atoms with Crippen molar-refractivity contribution in [2.45, 2.75) is 32.0 Å². The molecule has 3 heterocycles. The Morgan fingerprint density at radius 2 is 2.17 bits per heavy atom. The fourth-order valence-corrected chi connectivity index (χ4v) is 3.28. The lowest BCUT2D eigenvalue weighted by Gasteiger charge is -2.12. The van der Waals surface area contributed by atoms with Gasteiger partial charge in [-0.3, -0.25) is 9.20 Å². The van der Waals surface area contributed by atoms with Crippen LogP contribution in [0.1, 0.15) is 40.5 Å². The fraction of sp³-hybridized carbons (Fsp3) is 0.294. The molecule has 120 valence electrons. The summed E-state index contributed by atoms with van der Waals surface area (Å²) in [5.41, 5.74) is 2.24. The monoisotopic (exact) mass is 329 g/mol. The summed E-state index contributed by atoms with van der Waals surface area (Å²) >= 11 is 1.51. The number of aromatic nitrogens is 2. The molecule has 3 aromatic heterocycles. The minimum atomic E-state index is -0.181. The normalized spacial score (nSPS) is 12.5. The maximum atomic E-state index is 12.7. The standard InChI is InChI=1S/C17H19N3O2S/c1-10-9-13(12(3)22-10)11(2)18-16(21)15-14-7-5-6-8-20(14)17(19-15)23-4/h5-9,11H,1-4H3,(H,18,21)/t11-/m1/s1. The van der Waals surface area contributed by atoms with Crippen LogP contribution in [0.15, 0.2) is 40.0 Å². The van der Waals surface area contributed by atoms with Crippen molar-refractivity contribution in [3.05, 3.63) is 53.2 Å². The van der Waals surface area contributed by atoms with Gasteiger partial charge in [0, 0.05) is 11.8 Å². The Kier molecular flexibility index (Phi) is 4.17. The summed E-state index contributed by atoms with van der Waals surface area (Å²) in [6, 6.07) is 7.55. The lowest BCUT2D eigenvalue weighted by Crippen LogP contribution is -2.27. The summed E-state index contributed by atoms with van der Waals surface area (Å²) in [4.78, 5) is 17.1. The van der Waals surface area contributed by atoms with Gasteiger partial charge in [-0.05, 0) is 45.2 Å². The van der Waals surface area contributed by atoms with E-state index in [1.165, 1.54) is 11.8 Å². The molecular weight excluding hydrogens is 310 g/mol. The highest BCUT2D eigenvalue weighted by Gasteiger charge is 2.20. The second kappa shape index (κ2) is 6.12. The molecule has 0 spiro atoms. The quantitative estimate of drug-likeness (QED) is 0.741. The van der Waals surface area contributed by atoms with Crippen LogP contribution in [0.5, 0.6) is 0 Å². The van der Waals surface area contributed by atoms with E-state index in [9.17, 15) is 4.79 Å². The van der Waals surface area contributed by atoms with E-state index in [0.717, 1.165) is 27.8 Å². The highest BCUT2D eigenvalue weighted by atomic mass is 32.2. The predicted octanol–water partition coefficient (Wildman–Crippen LogP) is 3.76. The van der Waals surface area contributed by atoms with Gasteiger partial charge in [-0.1, -0.05) is 17.8 Å². The summed E-state index contributed by atoms with van der Waals surface area (Å²) < 4.78 is 7.47. The van der Waals surface area contributed by atoms with Gasteiger partial charge in [0.1, 0.15) is 11.5 Å². The number of fused-ring (bicyclic) bond motifs is 1. The van der Waals surface area contributed by atoms with Crippen molar-refractivity contribution in [3.63, 3.8) is 0 Å². The first-order chi connectivity index (χ1) is 11.0. The molecule has 5 nitrogen and oxygen atoms in total. The second-order valence-corrected chi connectivity index (χ2v) is 6.24. The number of thioether (sulfide) groups is 1. The average molecular weight is 329 g/mol. The third-order valence-electron chi connectivity index (χ3n) is 3.81. The first-order valence-corrected chi connectivity index (χ1v) is 8.62. The van der Waals surface area contributed by atoms with Gasteiger partial charge in [0.15, 0.2) is 10.9 Å². The van der Waals surface area contributed by atoms with Crippen molar-refractivity contribution < 1.29 is 9.21 Å². The number of rotatable bonds is 4. The summed E-state index contributed by atoms with van der Waals surface area (Å²) in [5.74, 6) is 1.49. The molecule has 1 N–H and O–H groups in total. The second-order valence-electron chi connectivity index (χ2n) is 5.47. The molecule has 3 aromatic rings. The van der Waals surface area contributed by atoms with Gasteiger partial charge in [-0.2, -0.15) is 0 Å². The van der Waals surface area contributed by atoms with Crippen LogP contribution in [-0.4, -0.2) is 21.5 Å². The minimum Gasteiger partial charge on any atom is -0.466 e. The highest BCUT2D eigenvalue weighted by molar-refractivity contribution is 7.98. The number of imidazole rings is 1. The molecule has 0 aliphatic carbocycles. The molecule has 0 aliphatic rings. The number of amides is 1. The molecule has 0 aromatic carbocycles. The van der Waals surface area contributed by atoms with Crippen molar-refractivity contribution in [1.29, 1.82) is 0 Å². The summed E-state index contributed by atoms with van der Waals surface area (Å²) in [5, 5.41) is 3.81. The zero-order valence-electron chi connectivity index (χ0n) is 13.6. The molecule has 3 rings (SSSR count). The van der Waals surface area contributed by atoms with Gasteiger partial charge in [0.2, 0.25) is 0 Å². The predicted molar refractivity (Wildman–Crippen MR) is 91.0 cm³/mol. The van der Waals surface area contributed by atoms with Crippen molar-refractivity contribution >= 4 is 23.2 Å². The zero-order chi connectivity index (χ0) is 16.6. The minimum absolute atomic E-state index is 0.141. The number of carbonyl (C=O) groups is 1. The number of hydrogen-bond donors (Lipinski definition) is 1. The molecule has 0 unspecified atom stereocenters. The van der Waals surface area contributed by atoms with Crippen LogP contribution in [0, 0.1) is 13.8 Å². The van der Waals surface area contributed by atoms with E-state index in [4.69, 9.17) is 4.42 Å². The number of furan rings is 1. The first kappa shape index (κ1) is 15.7. The smallest absolute Gasteiger partial charge is 0.272 e. The van der Waals surface area contributed by atoms with E-state index in [2.05, 4.69) is 10.3 Å². The number of nitrogens with zero attached hydrogens (tertiary/aromatic N) is 2. The van der Waals surface area contributed by atoms with Crippen LogP contribution in [0.3, 0.4) is 0 Å². The fourth-order valence-electron chi connectivity index (χ4n) is 2.74. The SMILES string of the molecule is CSc1nc(C(=O)N[C@H](C)c2cc(C)oc2C)c2ccccn12. The molecule has 0 bridgehead atoms. The van der Waals surface area contributed by atoms with E-state index >= 15 is 0 Å². The molecule has 23 heavy (non-hydrogen) atoms. The van der Waals surface area contributed by atoms with Gasteiger partial charge in [0.25, 0.3) is 5.91 Å². The third-order valence-corrected chi connectivity index (χ3v) is 4.46. The van der Waals surface area contributed by atoms with E-state index in [-0.39, 0.29) is 11.9 Å². The Hall–Kier alpha value is -2.21. The Balaban J connectivity index is 1.90. The average Bonchev–Trinajstić information content (AvgIpc) is 3.07. The number of carbonyl (C=O) groups excluding carboxylic acids is 1. The van der Waals surface area contributed by atoms with Crippen molar-refractivity contribution in [2.24, 2.45) is 0 Å². The lowest BCUT2D eigenvalue weighted by molar-refractivity contribution is 0.0936. The Morgan fingerprint density at radius 1 is 1.39 bits per heavy atom. The topological polar surface area (TPSA) is 59.5 Å². The van der Waals surface area contributed by atoms with E-state index in [0.29, 0.717) is 5.69 Å². The number of pyridine rings is 1. The third kappa shape index (κ3) is 2.86. The molecule has 0 radical (unpaired) electrons. The highest BCUT2D eigenvalue weighted by Crippen LogP contribution is 2.23. The Labute approximate surface area is 139 Å². The maximum absolute atomic E-state index is 12.7. The maximum Gasteiger partial charge on any atom is 0.272 e. The van der Waals surface area contributed by atoms with Crippen molar-refractivity contribution in [2.75, 3.05) is 6.26 Å².